The molecule has 3 N–H and O–H groups in total. The number of carbonyl (C=O) groups excluding carboxylic acids is 1. The van der Waals surface area contributed by atoms with Crippen LogP contribution in [0.1, 0.15) is 25.3 Å². The van der Waals surface area contributed by atoms with Crippen molar-refractivity contribution in [2.45, 2.75) is 25.8 Å². The van der Waals surface area contributed by atoms with Crippen LogP contribution in [-0.2, 0) is 0 Å². The maximum absolute atomic E-state index is 11.7. The molecule has 102 valence electrons. The topological polar surface area (TPSA) is 85.2 Å². The quantitative estimate of drug-likeness (QED) is 0.775. The van der Waals surface area contributed by atoms with Crippen LogP contribution in [0.5, 0.6) is 0 Å². The Balaban J connectivity index is 2.62. The summed E-state index contributed by atoms with van der Waals surface area (Å²) in [5, 5.41) is 23.3. The number of aliphatic hydroxyl groups excluding tert-OH is 1. The summed E-state index contributed by atoms with van der Waals surface area (Å²) >= 11 is 5.87. The van der Waals surface area contributed by atoms with Crippen molar-refractivity contribution in [3.05, 3.63) is 28.8 Å². The minimum Gasteiger partial charge on any atom is -0.396 e. The second-order valence-corrected chi connectivity index (χ2v) is 4.43. The van der Waals surface area contributed by atoms with Crippen molar-refractivity contribution in [1.82, 2.24) is 5.32 Å². The number of benzene rings is 1. The summed E-state index contributed by atoms with van der Waals surface area (Å²) in [4.78, 5) is 11.7. The molecular weight excluding hydrogens is 266 g/mol. The molecule has 1 aromatic rings. The van der Waals surface area contributed by atoms with Gasteiger partial charge in [0.1, 0.15) is 6.07 Å². The lowest BCUT2D eigenvalue weighted by Gasteiger charge is -2.16. The van der Waals surface area contributed by atoms with E-state index < -0.39 is 0 Å². The van der Waals surface area contributed by atoms with E-state index in [0.29, 0.717) is 22.7 Å². The van der Waals surface area contributed by atoms with E-state index >= 15 is 0 Å². The summed E-state index contributed by atoms with van der Waals surface area (Å²) in [5.74, 6) is 0. The Bertz CT molecular complexity index is 485. The number of aliphatic hydroxyl groups is 1. The van der Waals surface area contributed by atoms with Gasteiger partial charge in [0.2, 0.25) is 0 Å². The van der Waals surface area contributed by atoms with E-state index in [1.807, 2.05) is 13.0 Å². The fraction of sp³-hybridized carbons (Fsp3) is 0.385. The second-order valence-electron chi connectivity index (χ2n) is 4.02. The van der Waals surface area contributed by atoms with Gasteiger partial charge >= 0.3 is 6.03 Å². The van der Waals surface area contributed by atoms with Crippen LogP contribution in [0.4, 0.5) is 10.5 Å². The average molecular weight is 282 g/mol. The van der Waals surface area contributed by atoms with Crippen molar-refractivity contribution >= 4 is 23.3 Å². The first-order valence-corrected chi connectivity index (χ1v) is 6.36. The molecule has 0 fully saturated rings. The van der Waals surface area contributed by atoms with Crippen molar-refractivity contribution in [2.75, 3.05) is 11.9 Å². The lowest BCUT2D eigenvalue weighted by atomic mass is 10.1. The third kappa shape index (κ3) is 4.78. The summed E-state index contributed by atoms with van der Waals surface area (Å²) in [7, 11) is 0. The van der Waals surface area contributed by atoms with Gasteiger partial charge in [-0.25, -0.2) is 4.79 Å². The van der Waals surface area contributed by atoms with E-state index in [0.717, 1.165) is 6.42 Å². The van der Waals surface area contributed by atoms with Gasteiger partial charge in [0.15, 0.2) is 0 Å². The van der Waals surface area contributed by atoms with Crippen LogP contribution in [-0.4, -0.2) is 23.8 Å². The van der Waals surface area contributed by atoms with E-state index in [2.05, 4.69) is 10.6 Å². The molecule has 0 aliphatic heterocycles. The molecule has 2 amide bonds. The first kappa shape index (κ1) is 15.3. The van der Waals surface area contributed by atoms with E-state index in [9.17, 15) is 4.79 Å². The molecule has 0 saturated heterocycles. The van der Waals surface area contributed by atoms with Crippen LogP contribution >= 0.6 is 11.6 Å². The number of nitrogens with one attached hydrogen (secondary N) is 2. The number of anilines is 1. The van der Waals surface area contributed by atoms with E-state index in [1.165, 1.54) is 6.07 Å². The number of carbonyl (C=O) groups is 1. The molecule has 1 rings (SSSR count). The fourth-order valence-corrected chi connectivity index (χ4v) is 1.79. The number of halogens is 1. The largest absolute Gasteiger partial charge is 0.396 e. The van der Waals surface area contributed by atoms with Crippen molar-refractivity contribution in [2.24, 2.45) is 0 Å². The fourth-order valence-electron chi connectivity index (χ4n) is 1.57. The minimum absolute atomic E-state index is 0.0292. The van der Waals surface area contributed by atoms with Gasteiger partial charge in [-0.3, -0.25) is 0 Å². The first-order chi connectivity index (χ1) is 9.10. The zero-order valence-corrected chi connectivity index (χ0v) is 11.4. The molecule has 0 aliphatic rings. The predicted octanol–water partition coefficient (Wildman–Crippen LogP) is 2.49. The minimum atomic E-state index is -0.360. The molecule has 1 atom stereocenters. The van der Waals surface area contributed by atoms with Gasteiger partial charge in [-0.1, -0.05) is 18.5 Å². The lowest BCUT2D eigenvalue weighted by molar-refractivity contribution is 0.237. The summed E-state index contributed by atoms with van der Waals surface area (Å²) in [5.41, 5.74) is 0.875. The molecule has 0 bridgehead atoms. The van der Waals surface area contributed by atoms with Gasteiger partial charge in [0, 0.05) is 18.3 Å². The van der Waals surface area contributed by atoms with E-state index in [4.69, 9.17) is 22.0 Å². The molecule has 0 saturated carbocycles. The highest BCUT2D eigenvalue weighted by Crippen LogP contribution is 2.20. The molecule has 0 heterocycles. The SMILES string of the molecule is CCC(CCO)NC(=O)Nc1ccc(C#N)c(Cl)c1. The Morgan fingerprint density at radius 3 is 2.84 bits per heavy atom. The standard InChI is InChI=1S/C13H16ClN3O2/c1-2-10(5-6-18)16-13(19)17-11-4-3-9(8-15)12(14)7-11/h3-4,7,10,18H,2,5-6H2,1H3,(H2,16,17,19). The van der Waals surface area contributed by atoms with Gasteiger partial charge in [-0.15, -0.1) is 0 Å². The van der Waals surface area contributed by atoms with Crippen molar-refractivity contribution in [3.63, 3.8) is 0 Å². The number of urea groups is 1. The zero-order valence-electron chi connectivity index (χ0n) is 10.6. The maximum atomic E-state index is 11.7. The monoisotopic (exact) mass is 281 g/mol. The third-order valence-corrected chi connectivity index (χ3v) is 2.97. The molecule has 0 spiro atoms. The first-order valence-electron chi connectivity index (χ1n) is 5.98. The van der Waals surface area contributed by atoms with Gasteiger partial charge in [-0.05, 0) is 31.0 Å². The van der Waals surface area contributed by atoms with Gasteiger partial charge < -0.3 is 15.7 Å². The number of amides is 2. The Morgan fingerprint density at radius 2 is 2.32 bits per heavy atom. The Morgan fingerprint density at radius 1 is 1.58 bits per heavy atom. The van der Waals surface area contributed by atoms with Crippen LogP contribution in [0.2, 0.25) is 5.02 Å². The smallest absolute Gasteiger partial charge is 0.319 e. The Hall–Kier alpha value is -1.77. The summed E-state index contributed by atoms with van der Waals surface area (Å²) < 4.78 is 0. The predicted molar refractivity (Wildman–Crippen MR) is 74.1 cm³/mol. The lowest BCUT2D eigenvalue weighted by Crippen LogP contribution is -2.38. The second kappa shape index (κ2) is 7.62. The number of nitriles is 1. The average Bonchev–Trinajstić information content (AvgIpc) is 2.38. The number of nitrogens with zero attached hydrogens (tertiary/aromatic N) is 1. The highest BCUT2D eigenvalue weighted by atomic mass is 35.5. The Labute approximate surface area is 117 Å². The Kier molecular flexibility index (Phi) is 6.13. The molecule has 0 aliphatic carbocycles. The van der Waals surface area contributed by atoms with Gasteiger partial charge in [0.25, 0.3) is 0 Å². The van der Waals surface area contributed by atoms with Crippen LogP contribution in [0, 0.1) is 11.3 Å². The summed E-state index contributed by atoms with van der Waals surface area (Å²) in [6, 6.07) is 6.19. The van der Waals surface area contributed by atoms with Gasteiger partial charge in [-0.2, -0.15) is 5.26 Å². The van der Waals surface area contributed by atoms with Crippen molar-refractivity contribution < 1.29 is 9.90 Å². The number of hydrogen-bond donors (Lipinski definition) is 3. The van der Waals surface area contributed by atoms with Crippen LogP contribution in [0.3, 0.4) is 0 Å². The maximum Gasteiger partial charge on any atom is 0.319 e. The van der Waals surface area contributed by atoms with Crippen LogP contribution in [0.15, 0.2) is 18.2 Å². The highest BCUT2D eigenvalue weighted by Gasteiger charge is 2.10. The third-order valence-electron chi connectivity index (χ3n) is 2.65. The molecule has 0 radical (unpaired) electrons. The number of rotatable bonds is 5. The van der Waals surface area contributed by atoms with Crippen molar-refractivity contribution in [1.29, 1.82) is 5.26 Å². The molecule has 1 aromatic carbocycles. The summed E-state index contributed by atoms with van der Waals surface area (Å²) in [6.07, 6.45) is 1.25. The number of hydrogen-bond acceptors (Lipinski definition) is 3. The molecule has 1 unspecified atom stereocenters. The van der Waals surface area contributed by atoms with E-state index in [-0.39, 0.29) is 18.7 Å². The molecule has 0 aromatic heterocycles. The van der Waals surface area contributed by atoms with E-state index in [1.54, 1.807) is 12.1 Å². The zero-order chi connectivity index (χ0) is 14.3. The molecule has 19 heavy (non-hydrogen) atoms. The molecular formula is C13H16ClN3O2. The molecule has 5 nitrogen and oxygen atoms in total. The van der Waals surface area contributed by atoms with Crippen LogP contribution < -0.4 is 10.6 Å². The molecule has 6 heteroatoms. The van der Waals surface area contributed by atoms with Crippen molar-refractivity contribution in [3.8, 4) is 6.07 Å². The summed E-state index contributed by atoms with van der Waals surface area (Å²) in [6.45, 7) is 1.96. The van der Waals surface area contributed by atoms with Crippen LogP contribution in [0.25, 0.3) is 0 Å². The van der Waals surface area contributed by atoms with Gasteiger partial charge in [0.05, 0.1) is 10.6 Å². The normalized spacial score (nSPS) is 11.5. The highest BCUT2D eigenvalue weighted by molar-refractivity contribution is 6.32.